The molecule has 0 saturated heterocycles. The standard InChI is InChI=1S/C19H41N2O6P/c1-11-25-28(23,26-12-2)17(18(4,5)6)21(19(7,8)9)27-15(3)16(22)20-13-14-24-10/h15,17H,11-14H2,1-10H3,(H,20,22). The lowest BCUT2D eigenvalue weighted by Gasteiger charge is -2.48. The van der Waals surface area contributed by atoms with Crippen LogP contribution in [0.1, 0.15) is 62.3 Å². The van der Waals surface area contributed by atoms with E-state index in [1.54, 1.807) is 32.9 Å². The van der Waals surface area contributed by atoms with Gasteiger partial charge in [-0.05, 0) is 47.0 Å². The van der Waals surface area contributed by atoms with E-state index >= 15 is 0 Å². The number of carbonyl (C=O) groups is 1. The van der Waals surface area contributed by atoms with Crippen molar-refractivity contribution < 1.29 is 28.0 Å². The second-order valence-electron chi connectivity index (χ2n) is 8.64. The van der Waals surface area contributed by atoms with E-state index in [4.69, 9.17) is 18.6 Å². The van der Waals surface area contributed by atoms with Gasteiger partial charge in [0.15, 0.2) is 6.10 Å². The fourth-order valence-electron chi connectivity index (χ4n) is 2.71. The normalized spacial score (nSPS) is 15.5. The number of hydrogen-bond donors (Lipinski definition) is 1. The van der Waals surface area contributed by atoms with Crippen molar-refractivity contribution in [1.29, 1.82) is 0 Å². The molecule has 0 aromatic rings. The van der Waals surface area contributed by atoms with Crippen LogP contribution in [0.2, 0.25) is 0 Å². The van der Waals surface area contributed by atoms with Gasteiger partial charge in [0, 0.05) is 19.2 Å². The number of nitrogens with one attached hydrogen (secondary N) is 1. The van der Waals surface area contributed by atoms with Crippen LogP contribution in [-0.2, 0) is 28.0 Å². The molecule has 0 aromatic heterocycles. The molecule has 28 heavy (non-hydrogen) atoms. The van der Waals surface area contributed by atoms with Crippen LogP contribution in [0.4, 0.5) is 0 Å². The molecule has 0 aliphatic heterocycles. The zero-order valence-corrected chi connectivity index (χ0v) is 20.2. The molecule has 0 saturated carbocycles. The quantitative estimate of drug-likeness (QED) is 0.290. The fraction of sp³-hybridized carbons (Fsp3) is 0.947. The van der Waals surface area contributed by atoms with E-state index in [1.165, 1.54) is 0 Å². The number of carbonyl (C=O) groups excluding carboxylic acids is 1. The monoisotopic (exact) mass is 424 g/mol. The highest BCUT2D eigenvalue weighted by molar-refractivity contribution is 7.54. The molecule has 1 amide bonds. The maximum absolute atomic E-state index is 13.7. The number of rotatable bonds is 12. The Bertz CT molecular complexity index is 506. The minimum absolute atomic E-state index is 0.245. The lowest BCUT2D eigenvalue weighted by Crippen LogP contribution is -2.55. The van der Waals surface area contributed by atoms with Gasteiger partial charge in [-0.15, -0.1) is 0 Å². The second kappa shape index (κ2) is 11.6. The first kappa shape index (κ1) is 27.5. The zero-order valence-electron chi connectivity index (χ0n) is 19.3. The van der Waals surface area contributed by atoms with Crippen molar-refractivity contribution in [3.63, 3.8) is 0 Å². The van der Waals surface area contributed by atoms with Crippen molar-refractivity contribution in [3.8, 4) is 0 Å². The minimum Gasteiger partial charge on any atom is -0.383 e. The molecule has 0 radical (unpaired) electrons. The summed E-state index contributed by atoms with van der Waals surface area (Å²) in [5.41, 5.74) is -1.08. The van der Waals surface area contributed by atoms with E-state index in [2.05, 4.69) is 5.32 Å². The summed E-state index contributed by atoms with van der Waals surface area (Å²) in [6.07, 6.45) is -0.794. The Balaban J connectivity index is 5.89. The summed E-state index contributed by atoms with van der Waals surface area (Å²) in [4.78, 5) is 18.5. The first-order valence-electron chi connectivity index (χ1n) is 9.86. The third-order valence-electron chi connectivity index (χ3n) is 3.82. The van der Waals surface area contributed by atoms with Crippen molar-refractivity contribution in [2.45, 2.75) is 79.7 Å². The first-order valence-corrected chi connectivity index (χ1v) is 11.5. The van der Waals surface area contributed by atoms with Crippen LogP contribution in [0, 0.1) is 5.41 Å². The molecule has 0 heterocycles. The largest absolute Gasteiger partial charge is 0.383 e. The van der Waals surface area contributed by atoms with Crippen LogP contribution in [0.3, 0.4) is 0 Å². The van der Waals surface area contributed by atoms with Crippen molar-refractivity contribution >= 4 is 13.5 Å². The molecular weight excluding hydrogens is 383 g/mol. The number of ether oxygens (including phenoxy) is 1. The second-order valence-corrected chi connectivity index (χ2v) is 10.7. The molecule has 2 atom stereocenters. The molecule has 0 spiro atoms. The Morgan fingerprint density at radius 1 is 1.07 bits per heavy atom. The van der Waals surface area contributed by atoms with Gasteiger partial charge in [-0.2, -0.15) is 5.06 Å². The Morgan fingerprint density at radius 2 is 1.57 bits per heavy atom. The van der Waals surface area contributed by atoms with E-state index in [0.29, 0.717) is 13.2 Å². The summed E-state index contributed by atoms with van der Waals surface area (Å²) >= 11 is 0. The molecule has 0 aromatic carbocycles. The average molecular weight is 425 g/mol. The molecule has 0 aliphatic rings. The summed E-state index contributed by atoms with van der Waals surface area (Å²) in [6, 6.07) is 0. The topological polar surface area (TPSA) is 86.3 Å². The van der Waals surface area contributed by atoms with Gasteiger partial charge >= 0.3 is 7.60 Å². The molecule has 0 rings (SSSR count). The maximum Gasteiger partial charge on any atom is 0.350 e. The van der Waals surface area contributed by atoms with Gasteiger partial charge in [-0.25, -0.2) is 0 Å². The Labute approximate surface area is 171 Å². The molecule has 8 nitrogen and oxygen atoms in total. The first-order chi connectivity index (χ1) is 12.7. The molecular formula is C19H41N2O6P. The molecule has 0 bridgehead atoms. The average Bonchev–Trinajstić information content (AvgIpc) is 2.52. The van der Waals surface area contributed by atoms with Crippen LogP contribution in [-0.4, -0.2) is 61.9 Å². The van der Waals surface area contributed by atoms with Crippen molar-refractivity contribution in [3.05, 3.63) is 0 Å². The SMILES string of the molecule is CCOP(=O)(OCC)C(N(OC(C)C(=O)NCCOC)C(C)(C)C)C(C)(C)C. The Morgan fingerprint density at radius 3 is 1.93 bits per heavy atom. The molecule has 1 N–H and O–H groups in total. The predicted octanol–water partition coefficient (Wildman–Crippen LogP) is 3.81. The lowest BCUT2D eigenvalue weighted by atomic mass is 9.94. The number of amides is 1. The number of hydrogen-bond acceptors (Lipinski definition) is 7. The summed E-state index contributed by atoms with van der Waals surface area (Å²) in [5.74, 6) is -0.990. The van der Waals surface area contributed by atoms with Gasteiger partial charge in [0.25, 0.3) is 5.91 Å². The van der Waals surface area contributed by atoms with E-state index in [1.807, 2.05) is 41.5 Å². The number of methoxy groups -OCH3 is 1. The van der Waals surface area contributed by atoms with Crippen LogP contribution >= 0.6 is 7.60 Å². The van der Waals surface area contributed by atoms with Crippen molar-refractivity contribution in [1.82, 2.24) is 10.4 Å². The van der Waals surface area contributed by atoms with E-state index < -0.39 is 30.4 Å². The third kappa shape index (κ3) is 8.47. The summed E-state index contributed by atoms with van der Waals surface area (Å²) in [7, 11) is -2.00. The molecule has 2 unspecified atom stereocenters. The minimum atomic E-state index is -3.57. The van der Waals surface area contributed by atoms with Gasteiger partial charge < -0.3 is 19.1 Å². The molecule has 168 valence electrons. The Hall–Kier alpha value is -0.500. The van der Waals surface area contributed by atoms with Gasteiger partial charge in [0.1, 0.15) is 5.78 Å². The highest BCUT2D eigenvalue weighted by Gasteiger charge is 2.51. The zero-order chi connectivity index (χ0) is 22.2. The van der Waals surface area contributed by atoms with Crippen LogP contribution in [0.15, 0.2) is 0 Å². The number of hydroxylamine groups is 2. The summed E-state index contributed by atoms with van der Waals surface area (Å²) in [5, 5.41) is 4.37. The Kier molecular flexibility index (Phi) is 11.4. The van der Waals surface area contributed by atoms with Crippen molar-refractivity contribution in [2.24, 2.45) is 5.41 Å². The third-order valence-corrected chi connectivity index (χ3v) is 6.64. The molecule has 0 fully saturated rings. The van der Waals surface area contributed by atoms with Crippen molar-refractivity contribution in [2.75, 3.05) is 33.5 Å². The van der Waals surface area contributed by atoms with E-state index in [9.17, 15) is 9.36 Å². The molecule has 9 heteroatoms. The molecule has 0 aliphatic carbocycles. The summed E-state index contributed by atoms with van der Waals surface area (Å²) < 4.78 is 30.0. The highest BCUT2D eigenvalue weighted by atomic mass is 31.2. The van der Waals surface area contributed by atoms with Gasteiger partial charge in [-0.1, -0.05) is 20.8 Å². The van der Waals surface area contributed by atoms with Gasteiger partial charge in [-0.3, -0.25) is 14.2 Å². The lowest BCUT2D eigenvalue weighted by molar-refractivity contribution is -0.257. The highest BCUT2D eigenvalue weighted by Crippen LogP contribution is 2.60. The number of nitrogens with zero attached hydrogens (tertiary/aromatic N) is 1. The van der Waals surface area contributed by atoms with Crippen LogP contribution in [0.5, 0.6) is 0 Å². The van der Waals surface area contributed by atoms with Crippen LogP contribution < -0.4 is 5.32 Å². The summed E-state index contributed by atoms with van der Waals surface area (Å²) in [6.45, 7) is 18.2. The van der Waals surface area contributed by atoms with Gasteiger partial charge in [0.05, 0.1) is 19.8 Å². The predicted molar refractivity (Wildman–Crippen MR) is 111 cm³/mol. The fourth-order valence-corrected chi connectivity index (χ4v) is 5.40. The van der Waals surface area contributed by atoms with E-state index in [0.717, 1.165) is 0 Å². The smallest absolute Gasteiger partial charge is 0.350 e. The van der Waals surface area contributed by atoms with Gasteiger partial charge in [0.2, 0.25) is 0 Å². The maximum atomic E-state index is 13.7. The van der Waals surface area contributed by atoms with E-state index in [-0.39, 0.29) is 19.1 Å². The van der Waals surface area contributed by atoms with Crippen LogP contribution in [0.25, 0.3) is 0 Å².